The van der Waals surface area contributed by atoms with Crippen molar-refractivity contribution >= 4 is 29.1 Å². The van der Waals surface area contributed by atoms with Crippen LogP contribution in [0.3, 0.4) is 0 Å². The number of anilines is 2. The van der Waals surface area contributed by atoms with E-state index in [1.165, 1.54) is 0 Å². The molecule has 1 aliphatic heterocycles. The SMILES string of the molecule is CC1Cc2cc(NC(=O)OCc3ccccc3)nc(N)c2N=C1c1ccccc1. The van der Waals surface area contributed by atoms with Gasteiger partial charge in [0.2, 0.25) is 0 Å². The number of benzene rings is 2. The normalized spacial score (nSPS) is 15.2. The van der Waals surface area contributed by atoms with Gasteiger partial charge in [0, 0.05) is 5.92 Å². The summed E-state index contributed by atoms with van der Waals surface area (Å²) in [7, 11) is 0. The first kappa shape index (κ1) is 18.7. The van der Waals surface area contributed by atoms with Gasteiger partial charge in [-0.3, -0.25) is 5.32 Å². The molecule has 1 amide bonds. The van der Waals surface area contributed by atoms with Crippen molar-refractivity contribution in [3.05, 3.63) is 83.4 Å². The minimum atomic E-state index is -0.571. The van der Waals surface area contributed by atoms with Crippen molar-refractivity contribution in [2.75, 3.05) is 11.1 Å². The highest BCUT2D eigenvalue weighted by Gasteiger charge is 2.24. The monoisotopic (exact) mass is 386 g/mol. The fraction of sp³-hybridized carbons (Fsp3) is 0.174. The summed E-state index contributed by atoms with van der Waals surface area (Å²) in [5, 5.41) is 2.66. The molecule has 3 N–H and O–H groups in total. The van der Waals surface area contributed by atoms with E-state index in [2.05, 4.69) is 17.2 Å². The first-order valence-electron chi connectivity index (χ1n) is 9.51. The number of carbonyl (C=O) groups excluding carboxylic acids is 1. The largest absolute Gasteiger partial charge is 0.444 e. The van der Waals surface area contributed by atoms with Gasteiger partial charge in [0.25, 0.3) is 0 Å². The van der Waals surface area contributed by atoms with Gasteiger partial charge in [-0.05, 0) is 29.2 Å². The zero-order valence-electron chi connectivity index (χ0n) is 16.1. The van der Waals surface area contributed by atoms with E-state index < -0.39 is 6.09 Å². The van der Waals surface area contributed by atoms with Crippen LogP contribution in [0.4, 0.5) is 22.1 Å². The molecule has 1 aliphatic rings. The summed E-state index contributed by atoms with van der Waals surface area (Å²) >= 11 is 0. The third kappa shape index (κ3) is 4.27. The number of ether oxygens (including phenoxy) is 1. The molecule has 1 atom stereocenters. The van der Waals surface area contributed by atoms with Gasteiger partial charge in [0.05, 0.1) is 5.71 Å². The first-order valence-corrected chi connectivity index (χ1v) is 9.51. The number of carbonyl (C=O) groups is 1. The molecular formula is C23H22N4O2. The fourth-order valence-electron chi connectivity index (χ4n) is 3.44. The summed E-state index contributed by atoms with van der Waals surface area (Å²) < 4.78 is 5.25. The van der Waals surface area contributed by atoms with Gasteiger partial charge < -0.3 is 10.5 Å². The van der Waals surface area contributed by atoms with Gasteiger partial charge in [-0.15, -0.1) is 0 Å². The molecular weight excluding hydrogens is 364 g/mol. The Bertz CT molecular complexity index is 1050. The van der Waals surface area contributed by atoms with E-state index in [9.17, 15) is 4.79 Å². The third-order valence-corrected chi connectivity index (χ3v) is 4.84. The van der Waals surface area contributed by atoms with Gasteiger partial charge in [-0.25, -0.2) is 14.8 Å². The molecule has 6 nitrogen and oxygen atoms in total. The second kappa shape index (κ2) is 8.14. The van der Waals surface area contributed by atoms with Crippen molar-refractivity contribution in [1.29, 1.82) is 0 Å². The molecule has 0 radical (unpaired) electrons. The van der Waals surface area contributed by atoms with E-state index in [1.807, 2.05) is 66.7 Å². The lowest BCUT2D eigenvalue weighted by atomic mass is 9.89. The maximum absolute atomic E-state index is 12.1. The van der Waals surface area contributed by atoms with Crippen molar-refractivity contribution in [2.45, 2.75) is 20.0 Å². The molecule has 0 aliphatic carbocycles. The summed E-state index contributed by atoms with van der Waals surface area (Å²) in [6.07, 6.45) is 0.196. The highest BCUT2D eigenvalue weighted by Crippen LogP contribution is 2.36. The predicted molar refractivity (Wildman–Crippen MR) is 114 cm³/mol. The number of rotatable bonds is 4. The topological polar surface area (TPSA) is 89.6 Å². The predicted octanol–water partition coefficient (Wildman–Crippen LogP) is 4.73. The van der Waals surface area contributed by atoms with Crippen LogP contribution in [0.5, 0.6) is 0 Å². The van der Waals surface area contributed by atoms with Crippen LogP contribution in [0.15, 0.2) is 71.7 Å². The number of nitrogens with zero attached hydrogens (tertiary/aromatic N) is 2. The summed E-state index contributed by atoms with van der Waals surface area (Å²) in [5.74, 6) is 0.885. The molecule has 1 unspecified atom stereocenters. The number of hydrogen-bond donors (Lipinski definition) is 2. The zero-order chi connectivity index (χ0) is 20.2. The number of nitrogen functional groups attached to an aromatic ring is 1. The number of pyridine rings is 1. The molecule has 146 valence electrons. The average molecular weight is 386 g/mol. The van der Waals surface area contributed by atoms with E-state index in [4.69, 9.17) is 15.5 Å². The van der Waals surface area contributed by atoms with Crippen LogP contribution in [-0.4, -0.2) is 16.8 Å². The maximum Gasteiger partial charge on any atom is 0.413 e. The molecule has 4 rings (SSSR count). The summed E-state index contributed by atoms with van der Waals surface area (Å²) in [5.41, 5.74) is 10.8. The number of nitrogens with one attached hydrogen (secondary N) is 1. The summed E-state index contributed by atoms with van der Waals surface area (Å²) in [4.78, 5) is 21.2. The van der Waals surface area contributed by atoms with Crippen molar-refractivity contribution in [3.63, 3.8) is 0 Å². The van der Waals surface area contributed by atoms with Crippen molar-refractivity contribution in [1.82, 2.24) is 4.98 Å². The summed E-state index contributed by atoms with van der Waals surface area (Å²) in [6, 6.07) is 21.4. The smallest absolute Gasteiger partial charge is 0.413 e. The van der Waals surface area contributed by atoms with Gasteiger partial charge in [0.1, 0.15) is 18.1 Å². The Hall–Kier alpha value is -3.67. The minimum Gasteiger partial charge on any atom is -0.444 e. The molecule has 2 heterocycles. The Labute approximate surface area is 169 Å². The molecule has 2 aromatic carbocycles. The van der Waals surface area contributed by atoms with Crippen LogP contribution in [0.2, 0.25) is 0 Å². The van der Waals surface area contributed by atoms with Crippen LogP contribution < -0.4 is 11.1 Å². The second-order valence-electron chi connectivity index (χ2n) is 7.06. The number of amides is 1. The van der Waals surface area contributed by atoms with Gasteiger partial charge in [-0.1, -0.05) is 67.6 Å². The van der Waals surface area contributed by atoms with Gasteiger partial charge in [0.15, 0.2) is 5.82 Å². The first-order chi connectivity index (χ1) is 14.1. The van der Waals surface area contributed by atoms with Crippen LogP contribution >= 0.6 is 0 Å². The molecule has 0 bridgehead atoms. The van der Waals surface area contributed by atoms with Crippen LogP contribution in [0, 0.1) is 5.92 Å². The molecule has 29 heavy (non-hydrogen) atoms. The van der Waals surface area contributed by atoms with Crippen LogP contribution in [-0.2, 0) is 17.8 Å². The molecule has 6 heteroatoms. The Kier molecular flexibility index (Phi) is 5.24. The zero-order valence-corrected chi connectivity index (χ0v) is 16.1. The van der Waals surface area contributed by atoms with E-state index in [0.717, 1.165) is 28.8 Å². The highest BCUT2D eigenvalue weighted by atomic mass is 16.5. The summed E-state index contributed by atoms with van der Waals surface area (Å²) in [6.45, 7) is 2.32. The lowest BCUT2D eigenvalue weighted by molar-refractivity contribution is 0.155. The standard InChI is InChI=1S/C23H22N4O2/c1-15-12-18-13-19(26-23(28)29-14-16-8-4-2-5-9-16)25-22(24)21(18)27-20(15)17-10-6-3-7-11-17/h2-11,13,15H,12,14H2,1H3,(H3,24,25,26,28). The lowest BCUT2D eigenvalue weighted by Crippen LogP contribution is -2.20. The van der Waals surface area contributed by atoms with Crippen LogP contribution in [0.25, 0.3) is 0 Å². The average Bonchev–Trinajstić information content (AvgIpc) is 2.73. The Morgan fingerprint density at radius 2 is 1.83 bits per heavy atom. The Morgan fingerprint density at radius 3 is 2.55 bits per heavy atom. The fourth-order valence-corrected chi connectivity index (χ4v) is 3.44. The van der Waals surface area contributed by atoms with E-state index >= 15 is 0 Å². The van der Waals surface area contributed by atoms with Crippen molar-refractivity contribution < 1.29 is 9.53 Å². The molecule has 0 saturated carbocycles. The van der Waals surface area contributed by atoms with Gasteiger partial charge in [-0.2, -0.15) is 0 Å². The minimum absolute atomic E-state index is 0.189. The number of nitrogens with two attached hydrogens (primary N) is 1. The lowest BCUT2D eigenvalue weighted by Gasteiger charge is -2.23. The molecule has 0 saturated heterocycles. The van der Waals surface area contributed by atoms with E-state index in [1.54, 1.807) is 0 Å². The Balaban J connectivity index is 1.51. The maximum atomic E-state index is 12.1. The van der Waals surface area contributed by atoms with E-state index in [0.29, 0.717) is 17.3 Å². The number of hydrogen-bond acceptors (Lipinski definition) is 5. The van der Waals surface area contributed by atoms with Crippen LogP contribution in [0.1, 0.15) is 23.6 Å². The van der Waals surface area contributed by atoms with Gasteiger partial charge >= 0.3 is 6.09 Å². The molecule has 0 fully saturated rings. The Morgan fingerprint density at radius 1 is 1.14 bits per heavy atom. The molecule has 1 aromatic heterocycles. The van der Waals surface area contributed by atoms with E-state index in [-0.39, 0.29) is 12.5 Å². The highest BCUT2D eigenvalue weighted by molar-refractivity contribution is 6.05. The number of aromatic nitrogens is 1. The molecule has 3 aromatic rings. The quantitative estimate of drug-likeness (QED) is 0.678. The second-order valence-corrected chi connectivity index (χ2v) is 7.06. The number of fused-ring (bicyclic) bond motifs is 1. The van der Waals surface area contributed by atoms with Crippen molar-refractivity contribution in [3.8, 4) is 0 Å². The van der Waals surface area contributed by atoms with Crippen molar-refractivity contribution in [2.24, 2.45) is 10.9 Å². The number of aliphatic imine (C=N–C) groups is 1. The third-order valence-electron chi connectivity index (χ3n) is 4.84. The molecule has 0 spiro atoms.